The Balaban J connectivity index is 1.69. The normalized spacial score (nSPS) is 24.8. The molecule has 2 atom stereocenters. The number of hydrogen-bond acceptors (Lipinski definition) is 2. The highest BCUT2D eigenvalue weighted by atomic mass is 19.1. The van der Waals surface area contributed by atoms with E-state index in [1.54, 1.807) is 21.9 Å². The number of carbonyl (C=O) groups is 1. The predicted molar refractivity (Wildman–Crippen MR) is 99.6 cm³/mol. The SMILES string of the molecule is NCC1(F)CCN(C(=O)N2CCc3ccccc3[C@@H]2c2ccc(F)cc2)C1. The number of halogens is 2. The molecule has 1 saturated heterocycles. The smallest absolute Gasteiger partial charge is 0.320 e. The predicted octanol–water partition coefficient (Wildman–Crippen LogP) is 3.27. The van der Waals surface area contributed by atoms with Gasteiger partial charge in [-0.25, -0.2) is 13.6 Å². The van der Waals surface area contributed by atoms with Crippen molar-refractivity contribution in [1.82, 2.24) is 9.80 Å². The number of alkyl halides is 1. The van der Waals surface area contributed by atoms with Crippen molar-refractivity contribution in [3.63, 3.8) is 0 Å². The monoisotopic (exact) mass is 371 g/mol. The minimum absolute atomic E-state index is 0.0244. The number of nitrogens with two attached hydrogens (primary N) is 1. The molecule has 0 saturated carbocycles. The van der Waals surface area contributed by atoms with Gasteiger partial charge in [0.05, 0.1) is 12.6 Å². The summed E-state index contributed by atoms with van der Waals surface area (Å²) in [5, 5.41) is 0. The van der Waals surface area contributed by atoms with E-state index in [0.717, 1.165) is 17.5 Å². The first-order valence-corrected chi connectivity index (χ1v) is 9.28. The Morgan fingerprint density at radius 2 is 1.89 bits per heavy atom. The average Bonchev–Trinajstić information content (AvgIpc) is 3.10. The second-order valence-corrected chi connectivity index (χ2v) is 7.41. The molecular weight excluding hydrogens is 348 g/mol. The molecule has 2 aromatic carbocycles. The van der Waals surface area contributed by atoms with E-state index in [2.05, 4.69) is 6.07 Å². The number of nitrogens with zero attached hydrogens (tertiary/aromatic N) is 2. The molecule has 6 heteroatoms. The summed E-state index contributed by atoms with van der Waals surface area (Å²) in [6.07, 6.45) is 1.01. The van der Waals surface area contributed by atoms with Crippen LogP contribution in [0.15, 0.2) is 48.5 Å². The van der Waals surface area contributed by atoms with Crippen LogP contribution in [-0.4, -0.2) is 47.7 Å². The molecule has 4 nitrogen and oxygen atoms in total. The van der Waals surface area contributed by atoms with Crippen LogP contribution in [0.5, 0.6) is 0 Å². The lowest BCUT2D eigenvalue weighted by Crippen LogP contribution is -2.48. The highest BCUT2D eigenvalue weighted by Crippen LogP contribution is 2.37. The Bertz CT molecular complexity index is 842. The van der Waals surface area contributed by atoms with Crippen LogP contribution in [0.3, 0.4) is 0 Å². The van der Waals surface area contributed by atoms with Gasteiger partial charge < -0.3 is 15.5 Å². The Hall–Kier alpha value is -2.47. The second-order valence-electron chi connectivity index (χ2n) is 7.41. The van der Waals surface area contributed by atoms with Crippen LogP contribution in [0.25, 0.3) is 0 Å². The van der Waals surface area contributed by atoms with Gasteiger partial charge in [0.25, 0.3) is 0 Å². The van der Waals surface area contributed by atoms with Gasteiger partial charge in [-0.05, 0) is 35.2 Å². The molecule has 0 aromatic heterocycles. The number of benzene rings is 2. The number of amides is 2. The summed E-state index contributed by atoms with van der Waals surface area (Å²) in [7, 11) is 0. The third-order valence-electron chi connectivity index (χ3n) is 5.66. The van der Waals surface area contributed by atoms with Gasteiger partial charge in [-0.15, -0.1) is 0 Å². The molecule has 2 amide bonds. The van der Waals surface area contributed by atoms with Gasteiger partial charge in [-0.3, -0.25) is 0 Å². The first-order valence-electron chi connectivity index (χ1n) is 9.28. The molecule has 0 bridgehead atoms. The van der Waals surface area contributed by atoms with Crippen molar-refractivity contribution in [1.29, 1.82) is 0 Å². The van der Waals surface area contributed by atoms with Gasteiger partial charge >= 0.3 is 6.03 Å². The van der Waals surface area contributed by atoms with E-state index in [4.69, 9.17) is 5.73 Å². The Morgan fingerprint density at radius 3 is 2.59 bits per heavy atom. The largest absolute Gasteiger partial charge is 0.327 e. The third-order valence-corrected chi connectivity index (χ3v) is 5.66. The fraction of sp³-hybridized carbons (Fsp3) is 0.381. The highest BCUT2D eigenvalue weighted by molar-refractivity contribution is 5.76. The summed E-state index contributed by atoms with van der Waals surface area (Å²) in [5.74, 6) is -0.314. The van der Waals surface area contributed by atoms with Crippen molar-refractivity contribution in [3.05, 3.63) is 71.0 Å². The van der Waals surface area contributed by atoms with Crippen LogP contribution in [0.2, 0.25) is 0 Å². The van der Waals surface area contributed by atoms with E-state index < -0.39 is 5.67 Å². The third kappa shape index (κ3) is 3.30. The molecule has 142 valence electrons. The maximum absolute atomic E-state index is 14.5. The molecule has 1 unspecified atom stereocenters. The van der Waals surface area contributed by atoms with Crippen molar-refractivity contribution >= 4 is 6.03 Å². The van der Waals surface area contributed by atoms with Gasteiger partial charge in [-0.2, -0.15) is 0 Å². The molecule has 4 rings (SSSR count). The zero-order chi connectivity index (χ0) is 19.0. The summed E-state index contributed by atoms with van der Waals surface area (Å²) in [6, 6.07) is 13.7. The van der Waals surface area contributed by atoms with Gasteiger partial charge in [0.1, 0.15) is 11.5 Å². The van der Waals surface area contributed by atoms with Gasteiger partial charge in [0.2, 0.25) is 0 Å². The first-order chi connectivity index (χ1) is 13.0. The first kappa shape index (κ1) is 17.9. The van der Waals surface area contributed by atoms with Crippen molar-refractivity contribution in [3.8, 4) is 0 Å². The molecule has 0 radical (unpaired) electrons. The van der Waals surface area contributed by atoms with Crippen molar-refractivity contribution in [2.75, 3.05) is 26.2 Å². The van der Waals surface area contributed by atoms with Crippen LogP contribution in [0, 0.1) is 5.82 Å². The van der Waals surface area contributed by atoms with Gasteiger partial charge in [0.15, 0.2) is 0 Å². The number of carbonyl (C=O) groups excluding carboxylic acids is 1. The maximum Gasteiger partial charge on any atom is 0.320 e. The lowest BCUT2D eigenvalue weighted by atomic mass is 9.88. The quantitative estimate of drug-likeness (QED) is 0.881. The van der Waals surface area contributed by atoms with Crippen LogP contribution in [0.4, 0.5) is 13.6 Å². The number of fused-ring (bicyclic) bond motifs is 1. The fourth-order valence-corrected chi connectivity index (χ4v) is 4.12. The molecule has 0 spiro atoms. The highest BCUT2D eigenvalue weighted by Gasteiger charge is 2.42. The molecule has 2 N–H and O–H groups in total. The van der Waals surface area contributed by atoms with Gasteiger partial charge in [0, 0.05) is 26.1 Å². The van der Waals surface area contributed by atoms with E-state index in [1.165, 1.54) is 17.7 Å². The number of urea groups is 1. The van der Waals surface area contributed by atoms with E-state index in [1.807, 2.05) is 18.2 Å². The molecule has 2 aliphatic rings. The Morgan fingerprint density at radius 1 is 1.15 bits per heavy atom. The minimum atomic E-state index is -1.51. The molecule has 2 heterocycles. The maximum atomic E-state index is 14.5. The van der Waals surface area contributed by atoms with E-state index >= 15 is 0 Å². The van der Waals surface area contributed by atoms with Crippen molar-refractivity contribution in [2.45, 2.75) is 24.6 Å². The fourth-order valence-electron chi connectivity index (χ4n) is 4.12. The number of hydrogen-bond donors (Lipinski definition) is 1. The Labute approximate surface area is 157 Å². The van der Waals surface area contributed by atoms with Crippen molar-refractivity contribution < 1.29 is 13.6 Å². The topological polar surface area (TPSA) is 49.6 Å². The van der Waals surface area contributed by atoms with Crippen LogP contribution in [-0.2, 0) is 6.42 Å². The molecule has 27 heavy (non-hydrogen) atoms. The molecule has 1 fully saturated rings. The molecule has 2 aromatic rings. The van der Waals surface area contributed by atoms with Crippen LogP contribution in [0.1, 0.15) is 29.2 Å². The molecular formula is C21H23F2N3O. The lowest BCUT2D eigenvalue weighted by Gasteiger charge is -2.39. The molecule has 0 aliphatic carbocycles. The lowest BCUT2D eigenvalue weighted by molar-refractivity contribution is 0.131. The van der Waals surface area contributed by atoms with Crippen LogP contribution >= 0.6 is 0 Å². The Kier molecular flexibility index (Phi) is 4.60. The van der Waals surface area contributed by atoms with E-state index in [-0.39, 0.29) is 37.4 Å². The summed E-state index contributed by atoms with van der Waals surface area (Å²) >= 11 is 0. The number of rotatable bonds is 2. The summed E-state index contributed by atoms with van der Waals surface area (Å²) < 4.78 is 28.0. The average molecular weight is 371 g/mol. The van der Waals surface area contributed by atoms with Crippen LogP contribution < -0.4 is 5.73 Å². The number of likely N-dealkylation sites (tertiary alicyclic amines) is 1. The van der Waals surface area contributed by atoms with Gasteiger partial charge in [-0.1, -0.05) is 36.4 Å². The molecule has 2 aliphatic heterocycles. The van der Waals surface area contributed by atoms with E-state index in [9.17, 15) is 13.6 Å². The minimum Gasteiger partial charge on any atom is -0.327 e. The zero-order valence-corrected chi connectivity index (χ0v) is 15.1. The zero-order valence-electron chi connectivity index (χ0n) is 15.1. The summed E-state index contributed by atoms with van der Waals surface area (Å²) in [4.78, 5) is 16.6. The summed E-state index contributed by atoms with van der Waals surface area (Å²) in [6.45, 7) is 0.842. The van der Waals surface area contributed by atoms with Crippen molar-refractivity contribution in [2.24, 2.45) is 5.73 Å². The summed E-state index contributed by atoms with van der Waals surface area (Å²) in [5.41, 5.74) is 7.10. The standard InChI is InChI=1S/C21H23F2N3O/c22-17-7-5-16(6-8-17)19-18-4-2-1-3-15(18)9-11-26(19)20(27)25-12-10-21(23,13-24)14-25/h1-8,19H,9-14,24H2/t19-,21?/m0/s1. The second kappa shape index (κ2) is 6.93. The van der Waals surface area contributed by atoms with E-state index in [0.29, 0.717) is 13.1 Å².